The van der Waals surface area contributed by atoms with Crippen LogP contribution in [-0.2, 0) is 4.74 Å². The molecule has 2 aromatic rings. The lowest BCUT2D eigenvalue weighted by atomic mass is 10.0. The topological polar surface area (TPSA) is 46.5 Å². The Bertz CT molecular complexity index is 639. The maximum atomic E-state index is 11.4. The molecule has 0 atom stereocenters. The van der Waals surface area contributed by atoms with E-state index in [0.717, 1.165) is 11.1 Å². The van der Waals surface area contributed by atoms with Gasteiger partial charge in [-0.1, -0.05) is 35.3 Å². The van der Waals surface area contributed by atoms with E-state index in [1.807, 2.05) is 0 Å². The zero-order chi connectivity index (χ0) is 14.0. The van der Waals surface area contributed by atoms with Crippen molar-refractivity contribution in [2.45, 2.75) is 0 Å². The predicted octanol–water partition coefficient (Wildman–Crippen LogP) is 4.15. The Labute approximate surface area is 120 Å². The highest BCUT2D eigenvalue weighted by Gasteiger charge is 2.12. The van der Waals surface area contributed by atoms with Crippen LogP contribution in [0.4, 0.5) is 0 Å². The van der Waals surface area contributed by atoms with Gasteiger partial charge in [-0.05, 0) is 35.4 Å². The second-order valence-corrected chi connectivity index (χ2v) is 4.67. The number of phenolic OH excluding ortho intramolecular Hbond substituents is 1. The molecule has 3 nitrogen and oxygen atoms in total. The van der Waals surface area contributed by atoms with Gasteiger partial charge in [0.1, 0.15) is 5.75 Å². The van der Waals surface area contributed by atoms with Gasteiger partial charge >= 0.3 is 5.97 Å². The molecule has 0 unspecified atom stereocenters. The Kier molecular flexibility index (Phi) is 3.98. The van der Waals surface area contributed by atoms with Crippen molar-refractivity contribution in [2.75, 3.05) is 7.11 Å². The van der Waals surface area contributed by atoms with Gasteiger partial charge in [-0.2, -0.15) is 0 Å². The van der Waals surface area contributed by atoms with E-state index in [-0.39, 0.29) is 10.8 Å². The zero-order valence-corrected chi connectivity index (χ0v) is 11.5. The molecule has 0 bridgehead atoms. The van der Waals surface area contributed by atoms with E-state index in [1.54, 1.807) is 30.3 Å². The fourth-order valence-electron chi connectivity index (χ4n) is 1.66. The van der Waals surface area contributed by atoms with E-state index >= 15 is 0 Å². The summed E-state index contributed by atoms with van der Waals surface area (Å²) in [4.78, 5) is 11.4. The largest absolute Gasteiger partial charge is 0.506 e. The van der Waals surface area contributed by atoms with Gasteiger partial charge in [0, 0.05) is 0 Å². The molecule has 5 heteroatoms. The van der Waals surface area contributed by atoms with Crippen LogP contribution in [0.3, 0.4) is 0 Å². The minimum Gasteiger partial charge on any atom is -0.506 e. The van der Waals surface area contributed by atoms with Gasteiger partial charge < -0.3 is 9.84 Å². The second kappa shape index (κ2) is 5.51. The van der Waals surface area contributed by atoms with E-state index in [2.05, 4.69) is 4.74 Å². The fourth-order valence-corrected chi connectivity index (χ4v) is 2.09. The highest BCUT2D eigenvalue weighted by molar-refractivity contribution is 6.34. The smallest absolute Gasteiger partial charge is 0.339 e. The van der Waals surface area contributed by atoms with E-state index in [0.29, 0.717) is 10.6 Å². The van der Waals surface area contributed by atoms with Crippen molar-refractivity contribution in [1.82, 2.24) is 0 Å². The normalized spacial score (nSPS) is 10.3. The Morgan fingerprint density at radius 2 is 1.63 bits per heavy atom. The number of benzene rings is 2. The molecule has 1 N–H and O–H groups in total. The highest BCUT2D eigenvalue weighted by atomic mass is 35.5. The minimum atomic E-state index is -0.486. The summed E-state index contributed by atoms with van der Waals surface area (Å²) in [6, 6.07) is 9.81. The third-order valence-electron chi connectivity index (χ3n) is 2.66. The molecule has 0 heterocycles. The number of carbonyl (C=O) groups is 1. The third-order valence-corrected chi connectivity index (χ3v) is 3.27. The maximum absolute atomic E-state index is 11.4. The van der Waals surface area contributed by atoms with Crippen molar-refractivity contribution in [3.8, 4) is 16.9 Å². The predicted molar refractivity (Wildman–Crippen MR) is 74.9 cm³/mol. The van der Waals surface area contributed by atoms with Gasteiger partial charge in [-0.25, -0.2) is 4.79 Å². The van der Waals surface area contributed by atoms with Crippen molar-refractivity contribution >= 4 is 29.2 Å². The number of carbonyl (C=O) groups excluding carboxylic acids is 1. The highest BCUT2D eigenvalue weighted by Crippen LogP contribution is 2.31. The molecule has 0 aromatic heterocycles. The Balaban J connectivity index is 2.44. The number of hydrogen-bond acceptors (Lipinski definition) is 3. The molecule has 0 saturated heterocycles. The lowest BCUT2D eigenvalue weighted by Gasteiger charge is -2.07. The monoisotopic (exact) mass is 296 g/mol. The first-order valence-corrected chi connectivity index (χ1v) is 6.15. The summed E-state index contributed by atoms with van der Waals surface area (Å²) < 4.78 is 4.62. The number of aromatic hydroxyl groups is 1. The van der Waals surface area contributed by atoms with Crippen LogP contribution < -0.4 is 0 Å². The van der Waals surface area contributed by atoms with Crippen LogP contribution in [0.15, 0.2) is 36.4 Å². The summed E-state index contributed by atoms with van der Waals surface area (Å²) in [6.07, 6.45) is 0. The van der Waals surface area contributed by atoms with Crippen LogP contribution in [0.5, 0.6) is 5.75 Å². The SMILES string of the molecule is COC(=O)c1ccc(-c2ccc(O)c(Cl)c2)cc1Cl. The number of esters is 1. The lowest BCUT2D eigenvalue weighted by molar-refractivity contribution is 0.0601. The molecule has 0 saturated carbocycles. The summed E-state index contributed by atoms with van der Waals surface area (Å²) in [5.74, 6) is -0.469. The van der Waals surface area contributed by atoms with Gasteiger partial charge in [0.25, 0.3) is 0 Å². The lowest BCUT2D eigenvalue weighted by Crippen LogP contribution is -2.01. The van der Waals surface area contributed by atoms with E-state index < -0.39 is 5.97 Å². The van der Waals surface area contributed by atoms with Crippen LogP contribution in [0.2, 0.25) is 10.0 Å². The Hall–Kier alpha value is -1.71. The molecule has 19 heavy (non-hydrogen) atoms. The average Bonchev–Trinajstić information content (AvgIpc) is 2.41. The molecule has 0 amide bonds. The van der Waals surface area contributed by atoms with Gasteiger partial charge in [-0.15, -0.1) is 0 Å². The van der Waals surface area contributed by atoms with Gasteiger partial charge in [0.05, 0.1) is 22.7 Å². The summed E-state index contributed by atoms with van der Waals surface area (Å²) >= 11 is 11.9. The molecule has 0 spiro atoms. The fraction of sp³-hybridized carbons (Fsp3) is 0.0714. The number of methoxy groups -OCH3 is 1. The molecule has 0 fully saturated rings. The average molecular weight is 297 g/mol. The number of ether oxygens (including phenoxy) is 1. The van der Waals surface area contributed by atoms with Crippen molar-refractivity contribution < 1.29 is 14.6 Å². The van der Waals surface area contributed by atoms with Crippen LogP contribution in [0.1, 0.15) is 10.4 Å². The Morgan fingerprint density at radius 1 is 1.05 bits per heavy atom. The maximum Gasteiger partial charge on any atom is 0.339 e. The van der Waals surface area contributed by atoms with Crippen molar-refractivity contribution in [3.05, 3.63) is 52.0 Å². The van der Waals surface area contributed by atoms with Crippen LogP contribution in [0, 0.1) is 0 Å². The first-order chi connectivity index (χ1) is 9.02. The molecule has 0 aliphatic carbocycles. The van der Waals surface area contributed by atoms with E-state index in [9.17, 15) is 9.90 Å². The van der Waals surface area contributed by atoms with Crippen molar-refractivity contribution in [3.63, 3.8) is 0 Å². The van der Waals surface area contributed by atoms with Crippen molar-refractivity contribution in [1.29, 1.82) is 0 Å². The van der Waals surface area contributed by atoms with Crippen LogP contribution >= 0.6 is 23.2 Å². The summed E-state index contributed by atoms with van der Waals surface area (Å²) in [5, 5.41) is 9.93. The Morgan fingerprint density at radius 3 is 2.16 bits per heavy atom. The number of rotatable bonds is 2. The molecular formula is C14H10Cl2O3. The summed E-state index contributed by atoms with van der Waals surface area (Å²) in [6.45, 7) is 0. The molecule has 0 aliphatic rings. The first kappa shape index (κ1) is 13.7. The number of phenols is 1. The first-order valence-electron chi connectivity index (χ1n) is 5.39. The summed E-state index contributed by atoms with van der Waals surface area (Å²) in [7, 11) is 1.30. The summed E-state index contributed by atoms with van der Waals surface area (Å²) in [5.41, 5.74) is 1.89. The van der Waals surface area contributed by atoms with E-state index in [1.165, 1.54) is 13.2 Å². The standard InChI is InChI=1S/C14H10Cl2O3/c1-19-14(18)10-4-2-8(6-11(10)15)9-3-5-13(17)12(16)7-9/h2-7,17H,1H3. The van der Waals surface area contributed by atoms with E-state index in [4.69, 9.17) is 23.2 Å². The molecule has 0 aliphatic heterocycles. The number of hydrogen-bond donors (Lipinski definition) is 1. The van der Waals surface area contributed by atoms with Gasteiger partial charge in [-0.3, -0.25) is 0 Å². The molecular weight excluding hydrogens is 287 g/mol. The molecule has 98 valence electrons. The minimum absolute atomic E-state index is 0.0164. The quantitative estimate of drug-likeness (QED) is 0.847. The second-order valence-electron chi connectivity index (χ2n) is 3.85. The van der Waals surface area contributed by atoms with Crippen molar-refractivity contribution in [2.24, 2.45) is 0 Å². The zero-order valence-electron chi connectivity index (χ0n) is 9.98. The number of halogens is 2. The van der Waals surface area contributed by atoms with Gasteiger partial charge in [0.15, 0.2) is 0 Å². The van der Waals surface area contributed by atoms with Crippen LogP contribution in [0.25, 0.3) is 11.1 Å². The molecule has 2 rings (SSSR count). The third kappa shape index (κ3) is 2.83. The van der Waals surface area contributed by atoms with Crippen LogP contribution in [-0.4, -0.2) is 18.2 Å². The molecule has 2 aromatic carbocycles. The molecule has 0 radical (unpaired) electrons. The van der Waals surface area contributed by atoms with Gasteiger partial charge in [0.2, 0.25) is 0 Å².